The van der Waals surface area contributed by atoms with Gasteiger partial charge >= 0.3 is 0 Å². The molecule has 7 aromatic rings. The molecule has 0 aliphatic carbocycles. The van der Waals surface area contributed by atoms with Crippen LogP contribution in [0.25, 0.3) is 65.9 Å². The van der Waals surface area contributed by atoms with E-state index in [4.69, 9.17) is 15.0 Å². The Kier molecular flexibility index (Phi) is 4.15. The molecular formula is C31H19N3. The van der Waals surface area contributed by atoms with E-state index < -0.39 is 0 Å². The van der Waals surface area contributed by atoms with Crippen LogP contribution in [0.15, 0.2) is 116 Å². The van der Waals surface area contributed by atoms with Gasteiger partial charge in [-0.15, -0.1) is 0 Å². The van der Waals surface area contributed by atoms with Crippen LogP contribution >= 0.6 is 0 Å². The monoisotopic (exact) mass is 433 g/mol. The molecule has 0 fully saturated rings. The maximum atomic E-state index is 5.03. The van der Waals surface area contributed by atoms with Gasteiger partial charge in [-0.3, -0.25) is 9.97 Å². The minimum Gasteiger partial charge on any atom is -0.252 e. The second kappa shape index (κ2) is 7.46. The standard InChI is InChI=1S/C31H19N3/c1-3-11-22-20(8-1)10-7-14-24(22)28-18-33-29(19-32-28)31-26-17-16-21-9-2-4-12-23(21)30(26)25-13-5-6-15-27(25)34-31/h1-19H. The van der Waals surface area contributed by atoms with Crippen molar-refractivity contribution in [1.82, 2.24) is 15.0 Å². The molecule has 0 saturated heterocycles. The lowest BCUT2D eigenvalue weighted by Crippen LogP contribution is -1.95. The van der Waals surface area contributed by atoms with E-state index in [1.807, 2.05) is 18.5 Å². The number of fused-ring (bicyclic) bond motifs is 6. The van der Waals surface area contributed by atoms with E-state index in [-0.39, 0.29) is 0 Å². The fraction of sp³-hybridized carbons (Fsp3) is 0. The van der Waals surface area contributed by atoms with Crippen molar-refractivity contribution in [2.45, 2.75) is 0 Å². The Hall–Kier alpha value is -4.63. The zero-order valence-corrected chi connectivity index (χ0v) is 18.3. The van der Waals surface area contributed by atoms with Gasteiger partial charge in [0.05, 0.1) is 29.3 Å². The molecule has 2 aromatic heterocycles. The second-order valence-corrected chi connectivity index (χ2v) is 8.50. The molecule has 5 aromatic carbocycles. The summed E-state index contributed by atoms with van der Waals surface area (Å²) in [5.74, 6) is 0. The van der Waals surface area contributed by atoms with Crippen LogP contribution in [-0.4, -0.2) is 15.0 Å². The summed E-state index contributed by atoms with van der Waals surface area (Å²) in [5, 5.41) is 8.25. The lowest BCUT2D eigenvalue weighted by Gasteiger charge is -2.12. The van der Waals surface area contributed by atoms with Crippen LogP contribution < -0.4 is 0 Å². The fourth-order valence-corrected chi connectivity index (χ4v) is 4.96. The average molecular weight is 434 g/mol. The summed E-state index contributed by atoms with van der Waals surface area (Å²) in [6, 6.07) is 35.8. The maximum absolute atomic E-state index is 5.03. The van der Waals surface area contributed by atoms with Gasteiger partial charge < -0.3 is 0 Å². The van der Waals surface area contributed by atoms with Gasteiger partial charge in [0.1, 0.15) is 5.69 Å². The van der Waals surface area contributed by atoms with Crippen molar-refractivity contribution in [3.05, 3.63) is 116 Å². The number of pyridine rings is 1. The fourth-order valence-electron chi connectivity index (χ4n) is 4.96. The normalized spacial score (nSPS) is 11.5. The first kappa shape index (κ1) is 18.9. The molecule has 0 aliphatic heterocycles. The van der Waals surface area contributed by atoms with Gasteiger partial charge in [-0.05, 0) is 27.6 Å². The molecule has 0 unspecified atom stereocenters. The molecule has 2 heterocycles. The quantitative estimate of drug-likeness (QED) is 0.261. The lowest BCUT2D eigenvalue weighted by molar-refractivity contribution is 1.20. The minimum absolute atomic E-state index is 0.773. The highest BCUT2D eigenvalue weighted by Crippen LogP contribution is 2.36. The highest BCUT2D eigenvalue weighted by molar-refractivity contribution is 6.22. The van der Waals surface area contributed by atoms with Gasteiger partial charge in [0.15, 0.2) is 0 Å². The summed E-state index contributed by atoms with van der Waals surface area (Å²) in [6.45, 7) is 0. The molecule has 0 saturated carbocycles. The number of para-hydroxylation sites is 1. The van der Waals surface area contributed by atoms with E-state index in [0.717, 1.165) is 38.9 Å². The largest absolute Gasteiger partial charge is 0.252 e. The Morgan fingerprint density at radius 2 is 1.09 bits per heavy atom. The van der Waals surface area contributed by atoms with E-state index in [1.54, 1.807) is 0 Å². The highest BCUT2D eigenvalue weighted by Gasteiger charge is 2.14. The smallest absolute Gasteiger partial charge is 0.108 e. The van der Waals surface area contributed by atoms with Gasteiger partial charge in [-0.2, -0.15) is 0 Å². The predicted octanol–water partition coefficient (Wildman–Crippen LogP) is 7.82. The summed E-state index contributed by atoms with van der Waals surface area (Å²) < 4.78 is 0. The summed E-state index contributed by atoms with van der Waals surface area (Å²) in [6.07, 6.45) is 3.71. The molecule has 34 heavy (non-hydrogen) atoms. The summed E-state index contributed by atoms with van der Waals surface area (Å²) in [5.41, 5.74) is 4.53. The zero-order chi connectivity index (χ0) is 22.5. The van der Waals surface area contributed by atoms with Gasteiger partial charge in [-0.25, -0.2) is 4.98 Å². The SMILES string of the molecule is c1ccc2c(-c3cnc(-c4nc5ccccc5c5c4ccc4ccccc45)cn3)cccc2c1. The Morgan fingerprint density at radius 1 is 0.441 bits per heavy atom. The molecule has 0 atom stereocenters. The third-order valence-electron chi connectivity index (χ3n) is 6.55. The van der Waals surface area contributed by atoms with Crippen LogP contribution in [0.3, 0.4) is 0 Å². The zero-order valence-electron chi connectivity index (χ0n) is 18.3. The van der Waals surface area contributed by atoms with Crippen LogP contribution in [-0.2, 0) is 0 Å². The Morgan fingerprint density at radius 3 is 1.91 bits per heavy atom. The number of benzene rings is 5. The lowest BCUT2D eigenvalue weighted by atomic mass is 9.96. The van der Waals surface area contributed by atoms with Crippen molar-refractivity contribution in [3.8, 4) is 22.6 Å². The molecule has 158 valence electrons. The maximum Gasteiger partial charge on any atom is 0.108 e. The van der Waals surface area contributed by atoms with Crippen molar-refractivity contribution in [2.75, 3.05) is 0 Å². The molecule has 0 radical (unpaired) electrons. The number of hydrogen-bond donors (Lipinski definition) is 0. The Balaban J connectivity index is 1.46. The first-order valence-electron chi connectivity index (χ1n) is 11.4. The third-order valence-corrected chi connectivity index (χ3v) is 6.55. The molecule has 3 nitrogen and oxygen atoms in total. The number of rotatable bonds is 2. The molecule has 7 rings (SSSR count). The number of hydrogen-bond acceptors (Lipinski definition) is 3. The van der Waals surface area contributed by atoms with Crippen LogP contribution in [0, 0.1) is 0 Å². The van der Waals surface area contributed by atoms with Crippen LogP contribution in [0.2, 0.25) is 0 Å². The summed E-state index contributed by atoms with van der Waals surface area (Å²) >= 11 is 0. The molecular weight excluding hydrogens is 414 g/mol. The highest BCUT2D eigenvalue weighted by atomic mass is 14.8. The molecule has 0 spiro atoms. The molecule has 0 bridgehead atoms. The topological polar surface area (TPSA) is 38.7 Å². The number of aromatic nitrogens is 3. The van der Waals surface area contributed by atoms with Crippen LogP contribution in [0.1, 0.15) is 0 Å². The van der Waals surface area contributed by atoms with Gasteiger partial charge in [0.2, 0.25) is 0 Å². The van der Waals surface area contributed by atoms with Crippen molar-refractivity contribution < 1.29 is 0 Å². The van der Waals surface area contributed by atoms with E-state index in [1.165, 1.54) is 26.9 Å². The van der Waals surface area contributed by atoms with E-state index in [9.17, 15) is 0 Å². The van der Waals surface area contributed by atoms with E-state index in [2.05, 4.69) is 97.1 Å². The first-order chi connectivity index (χ1) is 16.9. The van der Waals surface area contributed by atoms with Crippen molar-refractivity contribution >= 4 is 43.2 Å². The van der Waals surface area contributed by atoms with E-state index >= 15 is 0 Å². The molecule has 0 amide bonds. The van der Waals surface area contributed by atoms with Gasteiger partial charge in [-0.1, -0.05) is 97.1 Å². The molecule has 0 aliphatic rings. The van der Waals surface area contributed by atoms with Gasteiger partial charge in [0, 0.05) is 21.7 Å². The first-order valence-corrected chi connectivity index (χ1v) is 11.4. The van der Waals surface area contributed by atoms with Gasteiger partial charge in [0.25, 0.3) is 0 Å². The van der Waals surface area contributed by atoms with Crippen LogP contribution in [0.4, 0.5) is 0 Å². The number of nitrogens with zero attached hydrogens (tertiary/aromatic N) is 3. The van der Waals surface area contributed by atoms with Crippen molar-refractivity contribution in [3.63, 3.8) is 0 Å². The Bertz CT molecular complexity index is 1830. The van der Waals surface area contributed by atoms with E-state index in [0.29, 0.717) is 0 Å². The van der Waals surface area contributed by atoms with Crippen molar-refractivity contribution in [2.24, 2.45) is 0 Å². The second-order valence-electron chi connectivity index (χ2n) is 8.50. The van der Waals surface area contributed by atoms with Crippen molar-refractivity contribution in [1.29, 1.82) is 0 Å². The summed E-state index contributed by atoms with van der Waals surface area (Å²) in [7, 11) is 0. The minimum atomic E-state index is 0.773. The molecule has 3 heteroatoms. The van der Waals surface area contributed by atoms with Crippen LogP contribution in [0.5, 0.6) is 0 Å². The summed E-state index contributed by atoms with van der Waals surface area (Å²) in [4.78, 5) is 14.7. The third kappa shape index (κ3) is 2.87. The Labute approximate surface area is 196 Å². The molecule has 0 N–H and O–H groups in total. The predicted molar refractivity (Wildman–Crippen MR) is 141 cm³/mol. The average Bonchev–Trinajstić information content (AvgIpc) is 2.92.